The van der Waals surface area contributed by atoms with Gasteiger partial charge in [-0.05, 0) is 29.7 Å². The quantitative estimate of drug-likeness (QED) is 0.139. The Labute approximate surface area is 234 Å². The molecule has 1 aliphatic carbocycles. The van der Waals surface area contributed by atoms with Crippen LogP contribution in [-0.2, 0) is 39.7 Å². The number of carbonyl (C=O) groups excluding carboxylic acids is 2. The Kier molecular flexibility index (Phi) is 9.86. The smallest absolute Gasteiger partial charge is 0.337 e. The van der Waals surface area contributed by atoms with E-state index in [-0.39, 0.29) is 30.1 Å². The number of phenolic OH excluding ortho intramolecular Hbond substituents is 1. The van der Waals surface area contributed by atoms with Gasteiger partial charge < -0.3 is 59.1 Å². The van der Waals surface area contributed by atoms with Crippen molar-refractivity contribution in [1.82, 2.24) is 0 Å². The number of aliphatic hydroxyl groups excluding tert-OH is 5. The largest absolute Gasteiger partial charge is 0.504 e. The minimum atomic E-state index is -1.73. The lowest BCUT2D eigenvalue weighted by molar-refractivity contribution is -0.340. The molecule has 1 saturated heterocycles. The third kappa shape index (κ3) is 6.48. The van der Waals surface area contributed by atoms with E-state index in [1.807, 2.05) is 0 Å². The maximum Gasteiger partial charge on any atom is 0.337 e. The van der Waals surface area contributed by atoms with Gasteiger partial charge in [-0.2, -0.15) is 0 Å². The lowest BCUT2D eigenvalue weighted by atomic mass is 9.82. The predicted molar refractivity (Wildman–Crippen MR) is 135 cm³/mol. The van der Waals surface area contributed by atoms with E-state index in [9.17, 15) is 40.2 Å². The van der Waals surface area contributed by atoms with Crippen molar-refractivity contribution in [2.45, 2.75) is 55.9 Å². The molecule has 0 aromatic heterocycles. The number of ether oxygens (including phenoxy) is 6. The van der Waals surface area contributed by atoms with E-state index in [2.05, 4.69) is 0 Å². The fourth-order valence-corrected chi connectivity index (χ4v) is 5.14. The number of aliphatic hydroxyl groups is 5. The van der Waals surface area contributed by atoms with Crippen LogP contribution in [0, 0.1) is 11.8 Å². The summed E-state index contributed by atoms with van der Waals surface area (Å²) in [7, 11) is 2.57. The number of fused-ring (bicyclic) bond motifs is 1. The molecule has 0 spiro atoms. The predicted octanol–water partition coefficient (Wildman–Crippen LogP) is -1.36. The van der Waals surface area contributed by atoms with E-state index in [0.29, 0.717) is 12.0 Å². The van der Waals surface area contributed by atoms with Crippen LogP contribution >= 0.6 is 0 Å². The summed E-state index contributed by atoms with van der Waals surface area (Å²) in [6, 6.07) is 4.70. The van der Waals surface area contributed by atoms with Crippen molar-refractivity contribution >= 4 is 11.9 Å². The molecule has 0 amide bonds. The lowest BCUT2D eigenvalue weighted by Crippen LogP contribution is -2.60. The molecule has 0 unspecified atom stereocenters. The van der Waals surface area contributed by atoms with Gasteiger partial charge in [0.15, 0.2) is 17.8 Å². The molecule has 6 N–H and O–H groups in total. The van der Waals surface area contributed by atoms with Gasteiger partial charge in [-0.1, -0.05) is 12.1 Å². The third-order valence-electron chi connectivity index (χ3n) is 7.35. The first-order chi connectivity index (χ1) is 19.6. The molecule has 4 rings (SSSR count). The SMILES string of the molecule is COC(=O)C1=CO[C@@H](O[C@@H]2O[C@H](CO)[C@@H](O)[C@H](O)[C@H]2O)[C@@H]2C(COC(=O)CCc3ccc(O)c(OC)c3)=C[C@H](O)[C@H]12. The standard InChI is InChI=1S/C27H34O14/c1-36-17-7-12(3-5-15(17)29)4-6-19(31)38-10-13-8-16(30)21-14(25(35)37-2)11-39-26(20(13)21)41-27-24(34)23(33)22(32)18(9-28)40-27/h3,5,7-8,11,16,18,20-24,26-30,32-34H,4,6,9-10H2,1-2H3/t16-,18+,20+,21-,22+,23-,24+,26-,27-/m0/s1. The summed E-state index contributed by atoms with van der Waals surface area (Å²) in [5.41, 5.74) is 1.08. The topological polar surface area (TPSA) is 211 Å². The fraction of sp³-hybridized carbons (Fsp3) is 0.556. The highest BCUT2D eigenvalue weighted by atomic mass is 16.8. The molecule has 3 aliphatic rings. The lowest BCUT2D eigenvalue weighted by Gasteiger charge is -2.43. The summed E-state index contributed by atoms with van der Waals surface area (Å²) in [6.07, 6.45) is -7.60. The van der Waals surface area contributed by atoms with Crippen LogP contribution in [-0.4, -0.2) is 113 Å². The van der Waals surface area contributed by atoms with Gasteiger partial charge in [0.1, 0.15) is 31.0 Å². The second-order valence-corrected chi connectivity index (χ2v) is 9.85. The minimum Gasteiger partial charge on any atom is -0.504 e. The zero-order valence-electron chi connectivity index (χ0n) is 22.4. The Morgan fingerprint density at radius 2 is 1.76 bits per heavy atom. The van der Waals surface area contributed by atoms with Crippen LogP contribution in [0.15, 0.2) is 41.7 Å². The van der Waals surface area contributed by atoms with Crippen LogP contribution in [0.4, 0.5) is 0 Å². The molecule has 0 bridgehead atoms. The van der Waals surface area contributed by atoms with Crippen molar-refractivity contribution in [2.75, 3.05) is 27.4 Å². The van der Waals surface area contributed by atoms with Gasteiger partial charge in [0.25, 0.3) is 0 Å². The summed E-state index contributed by atoms with van der Waals surface area (Å²) in [4.78, 5) is 25.0. The number of methoxy groups -OCH3 is 2. The number of phenols is 1. The molecule has 0 saturated carbocycles. The summed E-state index contributed by atoms with van der Waals surface area (Å²) in [6.45, 7) is -0.964. The molecule has 14 nitrogen and oxygen atoms in total. The normalized spacial score (nSPS) is 32.7. The Morgan fingerprint density at radius 1 is 1.00 bits per heavy atom. The van der Waals surface area contributed by atoms with E-state index >= 15 is 0 Å². The second kappa shape index (κ2) is 13.2. The van der Waals surface area contributed by atoms with E-state index in [1.165, 1.54) is 19.3 Å². The van der Waals surface area contributed by atoms with Crippen molar-refractivity contribution in [1.29, 1.82) is 0 Å². The molecule has 2 aliphatic heterocycles. The third-order valence-corrected chi connectivity index (χ3v) is 7.35. The molecule has 9 atom stereocenters. The van der Waals surface area contributed by atoms with E-state index in [4.69, 9.17) is 28.4 Å². The number of carbonyl (C=O) groups is 2. The monoisotopic (exact) mass is 582 g/mol. The van der Waals surface area contributed by atoms with Crippen LogP contribution in [0.1, 0.15) is 12.0 Å². The van der Waals surface area contributed by atoms with Crippen molar-refractivity contribution in [3.63, 3.8) is 0 Å². The average Bonchev–Trinajstić information content (AvgIpc) is 3.31. The number of esters is 2. The highest BCUT2D eigenvalue weighted by molar-refractivity contribution is 5.89. The van der Waals surface area contributed by atoms with Crippen LogP contribution in [0.3, 0.4) is 0 Å². The van der Waals surface area contributed by atoms with Crippen LogP contribution in [0.2, 0.25) is 0 Å². The van der Waals surface area contributed by atoms with Gasteiger partial charge in [0.2, 0.25) is 6.29 Å². The average molecular weight is 583 g/mol. The van der Waals surface area contributed by atoms with E-state index in [0.717, 1.165) is 18.9 Å². The maximum atomic E-state index is 12.6. The van der Waals surface area contributed by atoms with Gasteiger partial charge in [-0.25, -0.2) is 4.79 Å². The summed E-state index contributed by atoms with van der Waals surface area (Å²) < 4.78 is 32.2. The first-order valence-electron chi connectivity index (χ1n) is 12.9. The number of hydrogen-bond acceptors (Lipinski definition) is 14. The van der Waals surface area contributed by atoms with Crippen molar-refractivity contribution in [3.05, 3.63) is 47.2 Å². The van der Waals surface area contributed by atoms with Crippen LogP contribution in [0.25, 0.3) is 0 Å². The maximum absolute atomic E-state index is 12.6. The number of aromatic hydroxyl groups is 1. The Bertz CT molecular complexity index is 1160. The molecule has 1 aromatic carbocycles. The molecule has 41 heavy (non-hydrogen) atoms. The molecule has 1 fully saturated rings. The Morgan fingerprint density at radius 3 is 2.44 bits per heavy atom. The highest BCUT2D eigenvalue weighted by Crippen LogP contribution is 2.45. The number of rotatable bonds is 10. The molecule has 1 aromatic rings. The van der Waals surface area contributed by atoms with E-state index in [1.54, 1.807) is 12.1 Å². The molecule has 0 radical (unpaired) electrons. The molecule has 2 heterocycles. The number of aryl methyl sites for hydroxylation is 1. The molecule has 226 valence electrons. The summed E-state index contributed by atoms with van der Waals surface area (Å²) >= 11 is 0. The van der Waals surface area contributed by atoms with Crippen LogP contribution < -0.4 is 4.74 Å². The summed E-state index contributed by atoms with van der Waals surface area (Å²) in [5, 5.41) is 60.7. The summed E-state index contributed by atoms with van der Waals surface area (Å²) in [5.74, 6) is -2.93. The van der Waals surface area contributed by atoms with E-state index < -0.39 is 73.5 Å². The van der Waals surface area contributed by atoms with Crippen molar-refractivity contribution in [3.8, 4) is 11.5 Å². The van der Waals surface area contributed by atoms with Crippen LogP contribution in [0.5, 0.6) is 11.5 Å². The highest BCUT2D eigenvalue weighted by Gasteiger charge is 2.52. The minimum absolute atomic E-state index is 0.00231. The van der Waals surface area contributed by atoms with Gasteiger partial charge in [0.05, 0.1) is 44.7 Å². The van der Waals surface area contributed by atoms with Gasteiger partial charge >= 0.3 is 11.9 Å². The second-order valence-electron chi connectivity index (χ2n) is 9.85. The van der Waals surface area contributed by atoms with Gasteiger partial charge in [0, 0.05) is 12.3 Å². The number of hydrogen-bond donors (Lipinski definition) is 6. The van der Waals surface area contributed by atoms with Gasteiger partial charge in [-0.15, -0.1) is 0 Å². The Balaban J connectivity index is 1.47. The zero-order chi connectivity index (χ0) is 29.8. The molecular formula is C27H34O14. The number of benzene rings is 1. The molecule has 14 heteroatoms. The first kappa shape index (κ1) is 30.7. The van der Waals surface area contributed by atoms with Crippen molar-refractivity contribution < 1.29 is 68.6 Å². The van der Waals surface area contributed by atoms with Crippen molar-refractivity contribution in [2.24, 2.45) is 11.8 Å². The fourth-order valence-electron chi connectivity index (χ4n) is 5.14. The van der Waals surface area contributed by atoms with Gasteiger partial charge in [-0.3, -0.25) is 4.79 Å². The molecular weight excluding hydrogens is 548 g/mol. The zero-order valence-corrected chi connectivity index (χ0v) is 22.4. The first-order valence-corrected chi connectivity index (χ1v) is 12.9. The Hall–Kier alpha value is -3.24.